The van der Waals surface area contributed by atoms with Crippen LogP contribution < -0.4 is 0 Å². The molecule has 2 fully saturated rings. The van der Waals surface area contributed by atoms with Crippen molar-refractivity contribution >= 4 is 11.9 Å². The Morgan fingerprint density at radius 2 is 0.966 bits per heavy atom. The molecule has 0 atom stereocenters. The number of carbonyl (C=O) groups is 2. The SMILES string of the molecule is C=C(CC(=O)OC1C(F)(F)C(F)(F)C1(F)F)C(=O)OC1C(F)(F)C(F)(F)C1(F)F. The highest BCUT2D eigenvalue weighted by Crippen LogP contribution is 2.63. The lowest BCUT2D eigenvalue weighted by molar-refractivity contribution is -0.446. The predicted octanol–water partition coefficient (Wildman–Crippen LogP) is 3.60. The summed E-state index contributed by atoms with van der Waals surface area (Å²) in [7, 11) is 0. The number of hydrogen-bond donors (Lipinski definition) is 0. The summed E-state index contributed by atoms with van der Waals surface area (Å²) in [6, 6.07) is 0. The zero-order chi connectivity index (χ0) is 23.0. The molecule has 0 aromatic heterocycles. The molecule has 4 nitrogen and oxygen atoms in total. The summed E-state index contributed by atoms with van der Waals surface area (Å²) in [6.07, 6.45) is -9.67. The Bertz CT molecular complexity index is 723. The second kappa shape index (κ2) is 5.93. The maximum atomic E-state index is 13.0. The molecule has 29 heavy (non-hydrogen) atoms. The first kappa shape index (κ1) is 23.1. The molecule has 0 N–H and O–H groups in total. The van der Waals surface area contributed by atoms with Gasteiger partial charge in [-0.15, -0.1) is 0 Å². The summed E-state index contributed by atoms with van der Waals surface area (Å²) < 4.78 is 161. The van der Waals surface area contributed by atoms with E-state index < -0.39 is 71.7 Å². The van der Waals surface area contributed by atoms with E-state index in [1.54, 1.807) is 0 Å². The van der Waals surface area contributed by atoms with E-state index >= 15 is 0 Å². The van der Waals surface area contributed by atoms with Crippen LogP contribution >= 0.6 is 0 Å². The van der Waals surface area contributed by atoms with E-state index in [1.807, 2.05) is 0 Å². The molecular weight excluding hydrogens is 448 g/mol. The number of halogens is 12. The van der Waals surface area contributed by atoms with Gasteiger partial charge in [0.25, 0.3) is 0 Å². The molecule has 2 rings (SSSR count). The van der Waals surface area contributed by atoms with Gasteiger partial charge in [-0.3, -0.25) is 4.79 Å². The Balaban J connectivity index is 1.99. The number of alkyl halides is 12. The lowest BCUT2D eigenvalue weighted by Crippen LogP contribution is -2.79. The average Bonchev–Trinajstić information content (AvgIpc) is 2.55. The van der Waals surface area contributed by atoms with Crippen molar-refractivity contribution in [3.63, 3.8) is 0 Å². The van der Waals surface area contributed by atoms with E-state index in [4.69, 9.17) is 0 Å². The van der Waals surface area contributed by atoms with Crippen LogP contribution in [0.4, 0.5) is 52.7 Å². The van der Waals surface area contributed by atoms with Crippen molar-refractivity contribution in [2.24, 2.45) is 0 Å². The molecule has 0 aromatic rings. The van der Waals surface area contributed by atoms with Gasteiger partial charge in [0, 0.05) is 5.57 Å². The van der Waals surface area contributed by atoms with Crippen LogP contribution in [0.3, 0.4) is 0 Å². The van der Waals surface area contributed by atoms with Gasteiger partial charge in [0.1, 0.15) is 0 Å². The quantitative estimate of drug-likeness (QED) is 0.362. The fourth-order valence-corrected chi connectivity index (χ4v) is 2.31. The minimum atomic E-state index is -5.88. The third-order valence-electron chi connectivity index (χ3n) is 4.11. The smallest absolute Gasteiger partial charge is 0.380 e. The third kappa shape index (κ3) is 2.69. The molecule has 0 heterocycles. The monoisotopic (exact) mass is 454 g/mol. The molecule has 0 aliphatic heterocycles. The van der Waals surface area contributed by atoms with Gasteiger partial charge in [-0.2, -0.15) is 52.7 Å². The van der Waals surface area contributed by atoms with E-state index in [0.717, 1.165) is 0 Å². The lowest BCUT2D eigenvalue weighted by atomic mass is 9.80. The van der Waals surface area contributed by atoms with Gasteiger partial charge in [-0.1, -0.05) is 6.58 Å². The van der Waals surface area contributed by atoms with Gasteiger partial charge >= 0.3 is 47.5 Å². The minimum Gasteiger partial charge on any atom is -0.449 e. The topological polar surface area (TPSA) is 52.6 Å². The van der Waals surface area contributed by atoms with Crippen molar-refractivity contribution in [2.75, 3.05) is 0 Å². The molecule has 0 amide bonds. The standard InChI is InChI=1S/C13H6F12O4/c1-3(5(27)29-7-10(18,19)13(24,25)11(7,20)21)2-4(26)28-6-8(14,15)12(22,23)9(6,16)17/h6-7H,1-2H2. The van der Waals surface area contributed by atoms with Crippen molar-refractivity contribution in [3.05, 3.63) is 12.2 Å². The average molecular weight is 454 g/mol. The summed E-state index contributed by atoms with van der Waals surface area (Å²) in [4.78, 5) is 22.6. The summed E-state index contributed by atoms with van der Waals surface area (Å²) in [6.45, 7) is 2.61. The van der Waals surface area contributed by atoms with Gasteiger partial charge in [-0.05, 0) is 0 Å². The molecule has 16 heteroatoms. The highest BCUT2D eigenvalue weighted by atomic mass is 19.4. The van der Waals surface area contributed by atoms with Crippen LogP contribution in [0.25, 0.3) is 0 Å². The molecule has 2 aliphatic rings. The normalized spacial score (nSPS) is 27.9. The molecule has 0 radical (unpaired) electrons. The number of rotatable bonds is 5. The second-order valence-electron chi connectivity index (χ2n) is 6.08. The number of carbonyl (C=O) groups excluding carboxylic acids is 2. The van der Waals surface area contributed by atoms with E-state index in [2.05, 4.69) is 16.1 Å². The summed E-state index contributed by atoms with van der Waals surface area (Å²) in [5.74, 6) is -38.3. The number of esters is 2. The number of hydrogen-bond acceptors (Lipinski definition) is 4. The Kier molecular flexibility index (Phi) is 4.73. The zero-order valence-electron chi connectivity index (χ0n) is 13.2. The third-order valence-corrected chi connectivity index (χ3v) is 4.11. The maximum absolute atomic E-state index is 13.0. The van der Waals surface area contributed by atoms with Crippen molar-refractivity contribution < 1.29 is 71.7 Å². The van der Waals surface area contributed by atoms with E-state index in [9.17, 15) is 62.3 Å². The molecule has 0 saturated heterocycles. The first-order valence-corrected chi connectivity index (χ1v) is 7.02. The van der Waals surface area contributed by atoms with Crippen LogP contribution in [0.5, 0.6) is 0 Å². The van der Waals surface area contributed by atoms with Crippen molar-refractivity contribution in [1.29, 1.82) is 0 Å². The first-order valence-electron chi connectivity index (χ1n) is 7.02. The molecule has 0 bridgehead atoms. The second-order valence-corrected chi connectivity index (χ2v) is 6.08. The molecule has 0 spiro atoms. The van der Waals surface area contributed by atoms with Crippen molar-refractivity contribution in [2.45, 2.75) is 54.2 Å². The summed E-state index contributed by atoms with van der Waals surface area (Å²) in [5.41, 5.74) is -1.44. The maximum Gasteiger partial charge on any atom is 0.380 e. The molecule has 2 aliphatic carbocycles. The van der Waals surface area contributed by atoms with Gasteiger partial charge in [0.2, 0.25) is 12.2 Å². The zero-order valence-corrected chi connectivity index (χ0v) is 13.2. The fourth-order valence-electron chi connectivity index (χ4n) is 2.31. The van der Waals surface area contributed by atoms with Gasteiger partial charge < -0.3 is 9.47 Å². The van der Waals surface area contributed by atoms with Crippen molar-refractivity contribution in [1.82, 2.24) is 0 Å². The highest BCUT2D eigenvalue weighted by Gasteiger charge is 2.93. The van der Waals surface area contributed by atoms with Gasteiger partial charge in [0.15, 0.2) is 0 Å². The Morgan fingerprint density at radius 3 is 1.31 bits per heavy atom. The van der Waals surface area contributed by atoms with E-state index in [-0.39, 0.29) is 0 Å². The Morgan fingerprint density at radius 1 is 0.655 bits per heavy atom. The lowest BCUT2D eigenvalue weighted by Gasteiger charge is -2.48. The molecule has 0 aromatic carbocycles. The van der Waals surface area contributed by atoms with Gasteiger partial charge in [0.05, 0.1) is 6.42 Å². The largest absolute Gasteiger partial charge is 0.449 e. The fraction of sp³-hybridized carbons (Fsp3) is 0.692. The van der Waals surface area contributed by atoms with Gasteiger partial charge in [-0.25, -0.2) is 4.79 Å². The number of ether oxygens (including phenoxy) is 2. The Labute approximate surface area is 151 Å². The van der Waals surface area contributed by atoms with Crippen LogP contribution in [0.2, 0.25) is 0 Å². The molecule has 2 saturated carbocycles. The van der Waals surface area contributed by atoms with Crippen LogP contribution in [0, 0.1) is 0 Å². The minimum absolute atomic E-state index is 1.44. The summed E-state index contributed by atoms with van der Waals surface area (Å²) in [5, 5.41) is 0. The molecule has 166 valence electrons. The van der Waals surface area contributed by atoms with Crippen LogP contribution in [0.1, 0.15) is 6.42 Å². The van der Waals surface area contributed by atoms with Crippen molar-refractivity contribution in [3.8, 4) is 0 Å². The molecular formula is C13H6F12O4. The van der Waals surface area contributed by atoms with Crippen LogP contribution in [-0.4, -0.2) is 59.7 Å². The highest BCUT2D eigenvalue weighted by molar-refractivity contribution is 5.93. The van der Waals surface area contributed by atoms with E-state index in [1.165, 1.54) is 0 Å². The predicted molar refractivity (Wildman–Crippen MR) is 63.2 cm³/mol. The van der Waals surface area contributed by atoms with Crippen LogP contribution in [-0.2, 0) is 19.1 Å². The Hall–Kier alpha value is -2.16. The van der Waals surface area contributed by atoms with Crippen LogP contribution in [0.15, 0.2) is 12.2 Å². The van der Waals surface area contributed by atoms with E-state index in [0.29, 0.717) is 0 Å². The first-order chi connectivity index (χ1) is 12.7. The summed E-state index contributed by atoms with van der Waals surface area (Å²) >= 11 is 0. The molecule has 0 unspecified atom stereocenters.